The summed E-state index contributed by atoms with van der Waals surface area (Å²) in [4.78, 5) is 13.8. The van der Waals surface area contributed by atoms with Gasteiger partial charge < -0.3 is 10.1 Å². The van der Waals surface area contributed by atoms with E-state index in [1.165, 1.54) is 19.4 Å². The highest BCUT2D eigenvalue weighted by molar-refractivity contribution is 5.68. The van der Waals surface area contributed by atoms with Crippen LogP contribution in [0.5, 0.6) is 0 Å². The highest BCUT2D eigenvalue weighted by atomic mass is 16.6. The van der Waals surface area contributed by atoms with Gasteiger partial charge in [-0.25, -0.2) is 4.79 Å². The Morgan fingerprint density at radius 1 is 1.56 bits per heavy atom. The van der Waals surface area contributed by atoms with E-state index in [9.17, 15) is 4.79 Å². The molecule has 0 aromatic heterocycles. The number of ether oxygens (including phenoxy) is 1. The maximum Gasteiger partial charge on any atom is 0.407 e. The quantitative estimate of drug-likeness (QED) is 0.731. The molecule has 3 heterocycles. The van der Waals surface area contributed by atoms with E-state index in [-0.39, 0.29) is 12.2 Å². The molecule has 1 N–H and O–H groups in total. The number of amides is 1. The van der Waals surface area contributed by atoms with Crippen LogP contribution in [-0.4, -0.2) is 41.8 Å². The highest BCUT2D eigenvalue weighted by Crippen LogP contribution is 2.48. The lowest BCUT2D eigenvalue weighted by molar-refractivity contribution is 0.0435. The van der Waals surface area contributed by atoms with Gasteiger partial charge >= 0.3 is 6.09 Å². The van der Waals surface area contributed by atoms with E-state index in [2.05, 4.69) is 24.1 Å². The summed E-state index contributed by atoms with van der Waals surface area (Å²) in [5.41, 5.74) is 0.293. The van der Waals surface area contributed by atoms with E-state index < -0.39 is 0 Å². The summed E-state index contributed by atoms with van der Waals surface area (Å²) in [5.74, 6) is 0.638. The van der Waals surface area contributed by atoms with E-state index in [1.54, 1.807) is 0 Å². The summed E-state index contributed by atoms with van der Waals surface area (Å²) in [7, 11) is 0. The smallest absolute Gasteiger partial charge is 0.407 e. The number of nitrogens with one attached hydrogen (secondary N) is 1. The van der Waals surface area contributed by atoms with Gasteiger partial charge in [0.15, 0.2) is 0 Å². The van der Waals surface area contributed by atoms with Gasteiger partial charge in [0.05, 0.1) is 6.04 Å². The Hall–Kier alpha value is -0.770. The molecule has 4 nitrogen and oxygen atoms in total. The number of nitrogens with zero attached hydrogens (tertiary/aromatic N) is 1. The molecule has 1 amide bonds. The molecule has 4 heteroatoms. The molecule has 3 saturated heterocycles. The van der Waals surface area contributed by atoms with Crippen LogP contribution < -0.4 is 5.32 Å². The fourth-order valence-corrected chi connectivity index (χ4v) is 3.91. The molecule has 0 saturated carbocycles. The predicted molar refractivity (Wildman–Crippen MR) is 60.2 cm³/mol. The van der Waals surface area contributed by atoms with Crippen LogP contribution in [0.1, 0.15) is 33.1 Å². The molecular weight excluding hydrogens is 204 g/mol. The van der Waals surface area contributed by atoms with Crippen LogP contribution in [0.3, 0.4) is 0 Å². The van der Waals surface area contributed by atoms with Crippen LogP contribution in [0, 0.1) is 5.92 Å². The predicted octanol–water partition coefficient (Wildman–Crippen LogP) is 1.36. The third-order valence-electron chi connectivity index (χ3n) is 4.75. The molecular formula is C12H20N2O2. The van der Waals surface area contributed by atoms with Crippen LogP contribution in [0.2, 0.25) is 0 Å². The molecule has 90 valence electrons. The number of fused-ring (bicyclic) bond motifs is 3. The van der Waals surface area contributed by atoms with Crippen LogP contribution >= 0.6 is 0 Å². The van der Waals surface area contributed by atoms with E-state index in [0.717, 1.165) is 13.0 Å². The van der Waals surface area contributed by atoms with Gasteiger partial charge in [-0.15, -0.1) is 0 Å². The Morgan fingerprint density at radius 3 is 3.12 bits per heavy atom. The molecule has 3 atom stereocenters. The van der Waals surface area contributed by atoms with Crippen LogP contribution in [-0.2, 0) is 4.74 Å². The van der Waals surface area contributed by atoms with Gasteiger partial charge in [0, 0.05) is 18.5 Å². The molecule has 16 heavy (non-hydrogen) atoms. The van der Waals surface area contributed by atoms with Gasteiger partial charge in [-0.2, -0.15) is 0 Å². The summed E-state index contributed by atoms with van der Waals surface area (Å²) in [5, 5.41) is 2.82. The Bertz CT molecular complexity index is 318. The number of rotatable bonds is 1. The molecule has 0 bridgehead atoms. The number of carbonyl (C=O) groups excluding carboxylic acids is 1. The number of carbonyl (C=O) groups is 1. The maximum absolute atomic E-state index is 11.2. The van der Waals surface area contributed by atoms with Crippen molar-refractivity contribution in [1.82, 2.24) is 10.2 Å². The number of hydrogen-bond acceptors (Lipinski definition) is 3. The van der Waals surface area contributed by atoms with E-state index in [4.69, 9.17) is 4.74 Å². The Kier molecular flexibility index (Phi) is 2.18. The normalized spacial score (nSPS) is 42.8. The SMILES string of the molecule is CC(C)C12CCCN1C1CNC(=O)OC1C2. The molecule has 3 aliphatic rings. The third-order valence-corrected chi connectivity index (χ3v) is 4.75. The fourth-order valence-electron chi connectivity index (χ4n) is 3.91. The summed E-state index contributed by atoms with van der Waals surface area (Å²) < 4.78 is 5.43. The lowest BCUT2D eigenvalue weighted by Crippen LogP contribution is -2.53. The Balaban J connectivity index is 1.89. The van der Waals surface area contributed by atoms with Gasteiger partial charge in [-0.05, 0) is 25.3 Å². The Labute approximate surface area is 96.3 Å². The second-order valence-corrected chi connectivity index (χ2v) is 5.65. The molecule has 3 rings (SSSR count). The van der Waals surface area contributed by atoms with Gasteiger partial charge in [-0.3, -0.25) is 4.90 Å². The average molecular weight is 224 g/mol. The first-order valence-electron chi connectivity index (χ1n) is 6.35. The molecule has 0 spiro atoms. The van der Waals surface area contributed by atoms with Gasteiger partial charge in [0.2, 0.25) is 0 Å². The summed E-state index contributed by atoms with van der Waals surface area (Å²) in [6.07, 6.45) is 3.46. The molecule has 0 aromatic carbocycles. The Morgan fingerprint density at radius 2 is 2.38 bits per heavy atom. The molecule has 3 fully saturated rings. The maximum atomic E-state index is 11.2. The summed E-state index contributed by atoms with van der Waals surface area (Å²) >= 11 is 0. The van der Waals surface area contributed by atoms with Crippen molar-refractivity contribution in [2.24, 2.45) is 5.92 Å². The van der Waals surface area contributed by atoms with Crippen molar-refractivity contribution < 1.29 is 9.53 Å². The number of alkyl carbamates (subject to hydrolysis) is 1. The minimum absolute atomic E-state index is 0.122. The molecule has 0 aliphatic carbocycles. The van der Waals surface area contributed by atoms with E-state index in [1.807, 2.05) is 0 Å². The minimum Gasteiger partial charge on any atom is -0.444 e. The van der Waals surface area contributed by atoms with Gasteiger partial charge in [0.1, 0.15) is 6.10 Å². The van der Waals surface area contributed by atoms with Crippen molar-refractivity contribution in [3.8, 4) is 0 Å². The standard InChI is InChI=1S/C12H20N2O2/c1-8(2)12-4-3-5-14(12)9-7-13-11(15)16-10(9)6-12/h8-10H,3-7H2,1-2H3,(H,13,15). The average Bonchev–Trinajstić information content (AvgIpc) is 2.73. The van der Waals surface area contributed by atoms with Crippen molar-refractivity contribution >= 4 is 6.09 Å². The minimum atomic E-state index is -0.235. The van der Waals surface area contributed by atoms with Crippen molar-refractivity contribution in [3.63, 3.8) is 0 Å². The van der Waals surface area contributed by atoms with Crippen molar-refractivity contribution in [3.05, 3.63) is 0 Å². The first-order valence-corrected chi connectivity index (χ1v) is 6.35. The molecule has 3 unspecified atom stereocenters. The zero-order valence-electron chi connectivity index (χ0n) is 10.0. The van der Waals surface area contributed by atoms with Crippen molar-refractivity contribution in [2.75, 3.05) is 13.1 Å². The van der Waals surface area contributed by atoms with Crippen molar-refractivity contribution in [1.29, 1.82) is 0 Å². The number of hydrogen-bond donors (Lipinski definition) is 1. The van der Waals surface area contributed by atoms with Crippen LogP contribution in [0.25, 0.3) is 0 Å². The second kappa shape index (κ2) is 3.36. The first kappa shape index (κ1) is 10.4. The fraction of sp³-hybridized carbons (Fsp3) is 0.917. The topological polar surface area (TPSA) is 41.6 Å². The van der Waals surface area contributed by atoms with Crippen LogP contribution in [0.4, 0.5) is 4.79 Å². The molecule has 0 radical (unpaired) electrons. The largest absolute Gasteiger partial charge is 0.444 e. The zero-order chi connectivity index (χ0) is 11.3. The van der Waals surface area contributed by atoms with Crippen LogP contribution in [0.15, 0.2) is 0 Å². The summed E-state index contributed by atoms with van der Waals surface area (Å²) in [6.45, 7) is 6.52. The molecule has 3 aliphatic heterocycles. The molecule has 0 aromatic rings. The monoisotopic (exact) mass is 224 g/mol. The lowest BCUT2D eigenvalue weighted by atomic mass is 9.82. The van der Waals surface area contributed by atoms with Gasteiger partial charge in [0.25, 0.3) is 0 Å². The zero-order valence-corrected chi connectivity index (χ0v) is 10.0. The third kappa shape index (κ3) is 1.22. The summed E-state index contributed by atoms with van der Waals surface area (Å²) in [6, 6.07) is 0.405. The van der Waals surface area contributed by atoms with Gasteiger partial charge in [-0.1, -0.05) is 13.8 Å². The first-order chi connectivity index (χ1) is 7.63. The van der Waals surface area contributed by atoms with E-state index >= 15 is 0 Å². The second-order valence-electron chi connectivity index (χ2n) is 5.65. The lowest BCUT2D eigenvalue weighted by Gasteiger charge is -2.38. The van der Waals surface area contributed by atoms with Crippen molar-refractivity contribution in [2.45, 2.75) is 50.8 Å². The highest BCUT2D eigenvalue weighted by Gasteiger charge is 2.57. The van der Waals surface area contributed by atoms with E-state index in [0.29, 0.717) is 17.5 Å².